The number of aliphatic hydroxyl groups is 1. The molecule has 0 aromatic carbocycles. The molecule has 2 aliphatic rings. The number of fused-ring (bicyclic) bond motifs is 2. The largest absolute Gasteiger partial charge is 0.439 e. The van der Waals surface area contributed by atoms with E-state index in [1.807, 2.05) is 6.92 Å². The van der Waals surface area contributed by atoms with Crippen molar-refractivity contribution in [2.75, 3.05) is 35.0 Å². The zero-order chi connectivity index (χ0) is 33.8. The van der Waals surface area contributed by atoms with Crippen molar-refractivity contribution in [2.45, 2.75) is 71.2 Å². The molecule has 1 aliphatic carbocycles. The van der Waals surface area contributed by atoms with Gasteiger partial charge in [-0.15, -0.1) is 0 Å². The molecule has 2 rings (SSSR count). The minimum atomic E-state index is -1.01. The number of carbonyl (C=O) groups is 4. The number of ether oxygens (including phenoxy) is 5. The van der Waals surface area contributed by atoms with Crippen molar-refractivity contribution in [3.63, 3.8) is 0 Å². The summed E-state index contributed by atoms with van der Waals surface area (Å²) in [6.07, 6.45) is 2.87. The molecule has 0 saturated heterocycles. The maximum absolute atomic E-state index is 13.7. The fraction of sp³-hybridized carbons (Fsp3) is 0.562. The van der Waals surface area contributed by atoms with Gasteiger partial charge in [0.1, 0.15) is 6.10 Å². The molecule has 0 saturated carbocycles. The van der Waals surface area contributed by atoms with E-state index in [0.717, 1.165) is 6.08 Å². The van der Waals surface area contributed by atoms with E-state index >= 15 is 0 Å². The number of hydrogen-bond acceptors (Lipinski definition) is 11. The number of allylic oxidation sites excluding steroid dienone is 4. The van der Waals surface area contributed by atoms with E-state index in [9.17, 15) is 24.3 Å². The van der Waals surface area contributed by atoms with Gasteiger partial charge < -0.3 is 45.2 Å². The molecule has 45 heavy (non-hydrogen) atoms. The second-order valence-corrected chi connectivity index (χ2v) is 11.2. The number of nitrogens with one attached hydrogen (secondary N) is 2. The molecule has 250 valence electrons. The van der Waals surface area contributed by atoms with Crippen LogP contribution in [0, 0.1) is 11.8 Å². The van der Waals surface area contributed by atoms with Crippen LogP contribution in [0.5, 0.6) is 0 Å². The normalized spacial score (nSPS) is 30.5. The number of nitrogens with two attached hydrogens (primary N) is 1. The highest BCUT2D eigenvalue weighted by Gasteiger charge is 2.33. The van der Waals surface area contributed by atoms with E-state index in [1.165, 1.54) is 41.4 Å². The molecule has 13 heteroatoms. The summed E-state index contributed by atoms with van der Waals surface area (Å²) in [7, 11) is 5.81. The number of hydrogen-bond donors (Lipinski definition) is 4. The fourth-order valence-electron chi connectivity index (χ4n) is 5.23. The van der Waals surface area contributed by atoms with Gasteiger partial charge in [-0.1, -0.05) is 38.2 Å². The van der Waals surface area contributed by atoms with Crippen LogP contribution in [0.15, 0.2) is 58.5 Å². The molecule has 2 amide bonds. The minimum Gasteiger partial charge on any atom is -0.439 e. The Bertz CT molecular complexity index is 1250. The predicted molar refractivity (Wildman–Crippen MR) is 165 cm³/mol. The maximum Gasteiger partial charge on any atom is 0.405 e. The van der Waals surface area contributed by atoms with E-state index in [1.54, 1.807) is 32.1 Å². The van der Waals surface area contributed by atoms with Gasteiger partial charge in [0.05, 0.1) is 30.1 Å². The Kier molecular flexibility index (Phi) is 14.8. The van der Waals surface area contributed by atoms with E-state index < -0.39 is 60.2 Å². The smallest absolute Gasteiger partial charge is 0.405 e. The van der Waals surface area contributed by atoms with Gasteiger partial charge in [-0.25, -0.2) is 4.79 Å². The summed E-state index contributed by atoms with van der Waals surface area (Å²) in [6.45, 7) is 7.03. The molecular weight excluding hydrogens is 586 g/mol. The van der Waals surface area contributed by atoms with Crippen molar-refractivity contribution in [3.8, 4) is 0 Å². The highest BCUT2D eigenvalue weighted by atomic mass is 16.7. The summed E-state index contributed by atoms with van der Waals surface area (Å²) in [5, 5.41) is 16.8. The molecule has 0 aromatic rings. The number of amides is 2. The van der Waals surface area contributed by atoms with Gasteiger partial charge in [0.2, 0.25) is 11.6 Å². The number of carbonyl (C=O) groups excluding carboxylic acids is 4. The van der Waals surface area contributed by atoms with Crippen LogP contribution in [0.3, 0.4) is 0 Å². The second-order valence-electron chi connectivity index (χ2n) is 11.2. The lowest BCUT2D eigenvalue weighted by molar-refractivity contribution is -0.120. The molecule has 0 fully saturated rings. The van der Waals surface area contributed by atoms with Crippen LogP contribution in [0.1, 0.15) is 40.5 Å². The summed E-state index contributed by atoms with van der Waals surface area (Å²) in [5.41, 5.74) is 6.25. The molecule has 0 radical (unpaired) electrons. The molecule has 6 atom stereocenters. The Morgan fingerprint density at radius 3 is 2.36 bits per heavy atom. The highest BCUT2D eigenvalue weighted by molar-refractivity contribution is 6.23. The van der Waals surface area contributed by atoms with Crippen molar-refractivity contribution in [2.24, 2.45) is 17.6 Å². The maximum atomic E-state index is 13.7. The quantitative estimate of drug-likeness (QED) is 0.174. The van der Waals surface area contributed by atoms with Gasteiger partial charge in [-0.3, -0.25) is 14.4 Å². The van der Waals surface area contributed by atoms with Crippen LogP contribution < -0.4 is 16.4 Å². The molecule has 0 aromatic heterocycles. The van der Waals surface area contributed by atoms with Crippen LogP contribution in [-0.4, -0.2) is 94.4 Å². The SMILES string of the molecule is COC(CNC1=C2C[C@@H](C)C[C@H](OC)[C@H](O)[C@@H](C)/C=C(\C)[C@H](OC(N)=O)[C@@H](OC)/C=C\C=C(/C)C(=O)NC(=CC1=O)C2=O)OC. The summed E-state index contributed by atoms with van der Waals surface area (Å²) in [5.74, 6) is -2.32. The fourth-order valence-corrected chi connectivity index (χ4v) is 5.23. The first kappa shape index (κ1) is 37.6. The Morgan fingerprint density at radius 2 is 1.78 bits per heavy atom. The third kappa shape index (κ3) is 10.5. The Labute approximate surface area is 264 Å². The molecule has 5 N–H and O–H groups in total. The van der Waals surface area contributed by atoms with E-state index in [0.29, 0.717) is 12.0 Å². The standard InChI is InChI=1S/C32H47N3O10/c1-17-12-21-27(34-16-26(43-7)44-8)23(36)15-22(29(21)38)35-31(39)18(2)10-9-11-24(41-5)30(45-32(33)40)20(4)14-19(3)28(37)25(13-17)42-6/h9-11,14-15,17,19,24-26,28,30,34,37H,12-13,16H2,1-8H3,(H2,33,40)(H,35,39)/b11-9-,18-10+,20-14+/t17-,19+,24+,25+,28-,30+/m1/s1. The van der Waals surface area contributed by atoms with Crippen molar-refractivity contribution in [3.05, 3.63) is 58.5 Å². The molecule has 13 nitrogen and oxygen atoms in total. The summed E-state index contributed by atoms with van der Waals surface area (Å²) >= 11 is 0. The van der Waals surface area contributed by atoms with E-state index in [4.69, 9.17) is 29.4 Å². The molecule has 1 aliphatic heterocycles. The summed E-state index contributed by atoms with van der Waals surface area (Å²) < 4.78 is 27.0. The topological polar surface area (TPSA) is 185 Å². The van der Waals surface area contributed by atoms with Crippen LogP contribution in [0.2, 0.25) is 0 Å². The molecule has 0 spiro atoms. The van der Waals surface area contributed by atoms with Crippen LogP contribution in [0.25, 0.3) is 0 Å². The van der Waals surface area contributed by atoms with E-state index in [2.05, 4.69) is 10.6 Å². The average Bonchev–Trinajstić information content (AvgIpc) is 2.99. The van der Waals surface area contributed by atoms with Gasteiger partial charge in [0.25, 0.3) is 5.91 Å². The van der Waals surface area contributed by atoms with E-state index in [-0.39, 0.29) is 41.4 Å². The molecule has 2 bridgehead atoms. The Morgan fingerprint density at radius 1 is 1.11 bits per heavy atom. The van der Waals surface area contributed by atoms with Crippen molar-refractivity contribution >= 4 is 23.6 Å². The second kappa shape index (κ2) is 17.8. The monoisotopic (exact) mass is 633 g/mol. The number of primary amides is 1. The third-order valence-corrected chi connectivity index (χ3v) is 7.76. The molecule has 0 unspecified atom stereocenters. The lowest BCUT2D eigenvalue weighted by atomic mass is 9.85. The zero-order valence-corrected chi connectivity index (χ0v) is 27.2. The first-order valence-corrected chi connectivity index (χ1v) is 14.7. The van der Waals surface area contributed by atoms with Crippen LogP contribution in [-0.2, 0) is 38.1 Å². The molecule has 1 heterocycles. The third-order valence-electron chi connectivity index (χ3n) is 7.76. The van der Waals surface area contributed by atoms with Gasteiger partial charge in [0.15, 0.2) is 12.4 Å². The van der Waals surface area contributed by atoms with Gasteiger partial charge in [0, 0.05) is 51.6 Å². The average molecular weight is 634 g/mol. The highest BCUT2D eigenvalue weighted by Crippen LogP contribution is 2.29. The van der Waals surface area contributed by atoms with Crippen LogP contribution >= 0.6 is 0 Å². The summed E-state index contributed by atoms with van der Waals surface area (Å²) in [4.78, 5) is 51.8. The zero-order valence-electron chi connectivity index (χ0n) is 27.2. The van der Waals surface area contributed by atoms with Gasteiger partial charge in [-0.2, -0.15) is 0 Å². The predicted octanol–water partition coefficient (Wildman–Crippen LogP) is 1.97. The number of aliphatic hydroxyl groups excluding tert-OH is 1. The number of methoxy groups -OCH3 is 4. The van der Waals surface area contributed by atoms with Crippen molar-refractivity contribution < 1.29 is 48.0 Å². The summed E-state index contributed by atoms with van der Waals surface area (Å²) in [6, 6.07) is 0. The number of ketones is 2. The van der Waals surface area contributed by atoms with Crippen LogP contribution in [0.4, 0.5) is 4.79 Å². The molecular formula is C32H47N3O10. The number of Topliss-reactive ketones (excluding diaryl/α,β-unsaturated/α-hetero) is 1. The first-order chi connectivity index (χ1) is 21.3. The Balaban J connectivity index is 2.62. The lowest BCUT2D eigenvalue weighted by Crippen LogP contribution is -2.39. The number of rotatable bonds is 8. The van der Waals surface area contributed by atoms with Gasteiger partial charge in [-0.05, 0) is 38.2 Å². The van der Waals surface area contributed by atoms with Crippen molar-refractivity contribution in [1.82, 2.24) is 10.6 Å². The van der Waals surface area contributed by atoms with Crippen molar-refractivity contribution in [1.29, 1.82) is 0 Å². The lowest BCUT2D eigenvalue weighted by Gasteiger charge is -2.30. The van der Waals surface area contributed by atoms with Gasteiger partial charge >= 0.3 is 6.09 Å². The minimum absolute atomic E-state index is 0.0811. The first-order valence-electron chi connectivity index (χ1n) is 14.7. The Hall–Kier alpha value is -3.62.